The second kappa shape index (κ2) is 7.25. The van der Waals surface area contributed by atoms with Crippen molar-refractivity contribution in [1.29, 1.82) is 0 Å². The number of amides is 2. The van der Waals surface area contributed by atoms with Gasteiger partial charge in [-0.15, -0.1) is 0 Å². The highest BCUT2D eigenvalue weighted by molar-refractivity contribution is 5.79. The number of piperidine rings is 1. The number of hydrogen-bond donors (Lipinski definition) is 2. The summed E-state index contributed by atoms with van der Waals surface area (Å²) >= 11 is 0. The Kier molecular flexibility index (Phi) is 5.62. The van der Waals surface area contributed by atoms with Gasteiger partial charge in [0.15, 0.2) is 0 Å². The number of nitrogens with two attached hydrogens (primary N) is 1. The van der Waals surface area contributed by atoms with Crippen LogP contribution in [0.5, 0.6) is 0 Å². The fraction of sp³-hybridized carbons (Fsp3) is 0.875. The van der Waals surface area contributed by atoms with E-state index >= 15 is 0 Å². The zero-order valence-electron chi connectivity index (χ0n) is 13.3. The molecule has 1 saturated heterocycles. The summed E-state index contributed by atoms with van der Waals surface area (Å²) in [5.74, 6) is 0.529. The van der Waals surface area contributed by atoms with Gasteiger partial charge in [0, 0.05) is 18.6 Å². The second-order valence-electron chi connectivity index (χ2n) is 6.98. The lowest BCUT2D eigenvalue weighted by Gasteiger charge is -2.36. The molecular formula is C16H29N3O2. The van der Waals surface area contributed by atoms with Crippen molar-refractivity contribution < 1.29 is 9.59 Å². The van der Waals surface area contributed by atoms with E-state index in [1.165, 1.54) is 12.8 Å². The van der Waals surface area contributed by atoms with Crippen molar-refractivity contribution in [2.75, 3.05) is 13.1 Å². The Balaban J connectivity index is 1.79. The van der Waals surface area contributed by atoms with Gasteiger partial charge in [-0.05, 0) is 51.4 Å². The standard InChI is InChI=1S/C16H29N3O2/c1-11-3-7-14(8-4-11)18-15(20)10-19-9-13(16(17)21)6-5-12(19)2/h11-14H,3-10H2,1-2H3,(H2,17,21)(H,18,20)/t11?,12-,13-,14?/m1/s1. The second-order valence-corrected chi connectivity index (χ2v) is 6.98. The largest absolute Gasteiger partial charge is 0.369 e. The number of likely N-dealkylation sites (tertiary alicyclic amines) is 1. The van der Waals surface area contributed by atoms with Crippen molar-refractivity contribution in [3.63, 3.8) is 0 Å². The number of hydrogen-bond acceptors (Lipinski definition) is 3. The first-order chi connectivity index (χ1) is 9.95. The SMILES string of the molecule is CC1CCC(NC(=O)CN2C[C@H](C(N)=O)CC[C@H]2C)CC1. The first kappa shape index (κ1) is 16.3. The molecule has 2 fully saturated rings. The highest BCUT2D eigenvalue weighted by Crippen LogP contribution is 2.24. The summed E-state index contributed by atoms with van der Waals surface area (Å²) in [6.07, 6.45) is 6.36. The van der Waals surface area contributed by atoms with Crippen molar-refractivity contribution in [3.8, 4) is 0 Å². The van der Waals surface area contributed by atoms with Crippen molar-refractivity contribution >= 4 is 11.8 Å². The predicted molar refractivity (Wildman–Crippen MR) is 82.5 cm³/mol. The van der Waals surface area contributed by atoms with E-state index in [0.29, 0.717) is 25.2 Å². The Morgan fingerprint density at radius 1 is 1.10 bits per heavy atom. The molecule has 2 aliphatic rings. The first-order valence-corrected chi connectivity index (χ1v) is 8.28. The highest BCUT2D eigenvalue weighted by Gasteiger charge is 2.30. The summed E-state index contributed by atoms with van der Waals surface area (Å²) in [5.41, 5.74) is 5.40. The Labute approximate surface area is 127 Å². The van der Waals surface area contributed by atoms with Crippen LogP contribution in [0.25, 0.3) is 0 Å². The van der Waals surface area contributed by atoms with E-state index < -0.39 is 0 Å². The van der Waals surface area contributed by atoms with Crippen LogP contribution in [0.2, 0.25) is 0 Å². The molecule has 2 amide bonds. The third kappa shape index (κ3) is 4.70. The first-order valence-electron chi connectivity index (χ1n) is 8.28. The molecule has 1 aliphatic heterocycles. The summed E-state index contributed by atoms with van der Waals surface area (Å²) in [6, 6.07) is 0.679. The number of nitrogens with zero attached hydrogens (tertiary/aromatic N) is 1. The molecule has 5 heteroatoms. The predicted octanol–water partition coefficient (Wildman–Crippen LogP) is 1.27. The average Bonchev–Trinajstić information content (AvgIpc) is 2.43. The van der Waals surface area contributed by atoms with Crippen molar-refractivity contribution in [3.05, 3.63) is 0 Å². The van der Waals surface area contributed by atoms with Crippen LogP contribution in [0, 0.1) is 11.8 Å². The molecule has 0 aromatic carbocycles. The van der Waals surface area contributed by atoms with Crippen LogP contribution in [0.1, 0.15) is 52.4 Å². The summed E-state index contributed by atoms with van der Waals surface area (Å²) in [6.45, 7) is 5.40. The van der Waals surface area contributed by atoms with E-state index in [-0.39, 0.29) is 17.7 Å². The molecule has 0 radical (unpaired) electrons. The van der Waals surface area contributed by atoms with E-state index in [9.17, 15) is 9.59 Å². The number of carbonyl (C=O) groups excluding carboxylic acids is 2. The van der Waals surface area contributed by atoms with Crippen LogP contribution >= 0.6 is 0 Å². The zero-order chi connectivity index (χ0) is 15.4. The third-order valence-electron chi connectivity index (χ3n) is 5.14. The average molecular weight is 295 g/mol. The normalized spacial score (nSPS) is 34.4. The van der Waals surface area contributed by atoms with E-state index in [2.05, 4.69) is 24.1 Å². The lowest BCUT2D eigenvalue weighted by atomic mass is 9.87. The van der Waals surface area contributed by atoms with Crippen LogP contribution in [-0.4, -0.2) is 41.9 Å². The van der Waals surface area contributed by atoms with Gasteiger partial charge in [0.25, 0.3) is 0 Å². The molecule has 21 heavy (non-hydrogen) atoms. The maximum absolute atomic E-state index is 12.2. The molecule has 0 unspecified atom stereocenters. The minimum Gasteiger partial charge on any atom is -0.369 e. The van der Waals surface area contributed by atoms with E-state index in [4.69, 9.17) is 5.73 Å². The molecular weight excluding hydrogens is 266 g/mol. The van der Waals surface area contributed by atoms with Crippen molar-refractivity contribution in [2.24, 2.45) is 17.6 Å². The maximum Gasteiger partial charge on any atom is 0.234 e. The molecule has 0 aromatic heterocycles. The van der Waals surface area contributed by atoms with Gasteiger partial charge in [0.2, 0.25) is 11.8 Å². The van der Waals surface area contributed by atoms with Crippen LogP contribution in [0.15, 0.2) is 0 Å². The molecule has 3 N–H and O–H groups in total. The van der Waals surface area contributed by atoms with Crippen molar-refractivity contribution in [1.82, 2.24) is 10.2 Å². The van der Waals surface area contributed by atoms with Crippen LogP contribution in [0.3, 0.4) is 0 Å². The topological polar surface area (TPSA) is 75.4 Å². The molecule has 1 aliphatic carbocycles. The van der Waals surface area contributed by atoms with Gasteiger partial charge in [-0.2, -0.15) is 0 Å². The van der Waals surface area contributed by atoms with E-state index in [0.717, 1.165) is 31.6 Å². The van der Waals surface area contributed by atoms with Gasteiger partial charge in [0.1, 0.15) is 0 Å². The minimum absolute atomic E-state index is 0.0894. The van der Waals surface area contributed by atoms with Gasteiger partial charge in [-0.1, -0.05) is 6.92 Å². The summed E-state index contributed by atoms with van der Waals surface area (Å²) in [7, 11) is 0. The van der Waals surface area contributed by atoms with Gasteiger partial charge < -0.3 is 11.1 Å². The number of carbonyl (C=O) groups is 2. The molecule has 0 spiro atoms. The van der Waals surface area contributed by atoms with Crippen LogP contribution in [-0.2, 0) is 9.59 Å². The third-order valence-corrected chi connectivity index (χ3v) is 5.14. The molecule has 0 aromatic rings. The fourth-order valence-electron chi connectivity index (χ4n) is 3.49. The molecule has 2 rings (SSSR count). The van der Waals surface area contributed by atoms with E-state index in [1.54, 1.807) is 0 Å². The molecule has 2 atom stereocenters. The Bertz CT molecular complexity index is 378. The number of rotatable bonds is 4. The zero-order valence-corrected chi connectivity index (χ0v) is 13.3. The maximum atomic E-state index is 12.2. The minimum atomic E-state index is -0.242. The smallest absolute Gasteiger partial charge is 0.234 e. The summed E-state index contributed by atoms with van der Waals surface area (Å²) in [4.78, 5) is 25.6. The molecule has 1 saturated carbocycles. The lowest BCUT2D eigenvalue weighted by Crippen LogP contribution is -2.50. The Morgan fingerprint density at radius 3 is 2.38 bits per heavy atom. The van der Waals surface area contributed by atoms with Crippen LogP contribution in [0.4, 0.5) is 0 Å². The van der Waals surface area contributed by atoms with Gasteiger partial charge in [0.05, 0.1) is 12.5 Å². The number of primary amides is 1. The van der Waals surface area contributed by atoms with E-state index in [1.807, 2.05) is 0 Å². The fourth-order valence-corrected chi connectivity index (χ4v) is 3.49. The molecule has 1 heterocycles. The molecule has 0 bridgehead atoms. The van der Waals surface area contributed by atoms with Gasteiger partial charge >= 0.3 is 0 Å². The highest BCUT2D eigenvalue weighted by atomic mass is 16.2. The number of nitrogens with one attached hydrogen (secondary N) is 1. The quantitative estimate of drug-likeness (QED) is 0.820. The van der Waals surface area contributed by atoms with Gasteiger partial charge in [-0.25, -0.2) is 0 Å². The summed E-state index contributed by atoms with van der Waals surface area (Å²) in [5, 5.41) is 3.15. The van der Waals surface area contributed by atoms with Crippen LogP contribution < -0.4 is 11.1 Å². The molecule has 120 valence electrons. The lowest BCUT2D eigenvalue weighted by molar-refractivity contribution is -0.128. The van der Waals surface area contributed by atoms with Crippen molar-refractivity contribution in [2.45, 2.75) is 64.5 Å². The van der Waals surface area contributed by atoms with Gasteiger partial charge in [-0.3, -0.25) is 14.5 Å². The Hall–Kier alpha value is -1.10. The summed E-state index contributed by atoms with van der Waals surface area (Å²) < 4.78 is 0. The Morgan fingerprint density at radius 2 is 1.76 bits per heavy atom. The molecule has 5 nitrogen and oxygen atoms in total. The monoisotopic (exact) mass is 295 g/mol.